The fourth-order valence-electron chi connectivity index (χ4n) is 4.35. The highest BCUT2D eigenvalue weighted by atomic mass is 16.5. The summed E-state index contributed by atoms with van der Waals surface area (Å²) < 4.78 is 5.54. The van der Waals surface area contributed by atoms with Crippen molar-refractivity contribution in [3.05, 3.63) is 0 Å². The zero-order valence-electron chi connectivity index (χ0n) is 22.0. The molecule has 0 aromatic heterocycles. The summed E-state index contributed by atoms with van der Waals surface area (Å²) in [5.74, 6) is -4.94. The van der Waals surface area contributed by atoms with Gasteiger partial charge in [0.15, 0.2) is 5.92 Å². The first kappa shape index (κ1) is 33.3. The molecule has 0 aromatic carbocycles. The second kappa shape index (κ2) is 18.5. The molecule has 7 unspecified atom stereocenters. The Morgan fingerprint density at radius 2 is 1.37 bits per heavy atom. The van der Waals surface area contributed by atoms with Crippen LogP contribution in [0.4, 0.5) is 0 Å². The van der Waals surface area contributed by atoms with E-state index in [9.17, 15) is 29.7 Å². The molecule has 0 saturated heterocycles. The number of hydrogen-bond donors (Lipinski definition) is 5. The molecular weight excluding hydrogens is 454 g/mol. The molecular formula is C26H49NO8. The third kappa shape index (κ3) is 16.6. The van der Waals surface area contributed by atoms with Gasteiger partial charge < -0.3 is 30.9 Å². The van der Waals surface area contributed by atoms with Gasteiger partial charge in [0.25, 0.3) is 0 Å². The van der Waals surface area contributed by atoms with Gasteiger partial charge in [0.05, 0.1) is 18.6 Å². The number of hydrogen-bond acceptors (Lipinski definition) is 7. The molecule has 0 rings (SSSR count). The van der Waals surface area contributed by atoms with Gasteiger partial charge in [-0.05, 0) is 38.0 Å². The van der Waals surface area contributed by atoms with Gasteiger partial charge in [-0.2, -0.15) is 0 Å². The number of rotatable bonds is 21. The number of aliphatic hydroxyl groups is 2. The third-order valence-electron chi connectivity index (χ3n) is 6.46. The molecule has 6 N–H and O–H groups in total. The second-order valence-corrected chi connectivity index (χ2v) is 10.3. The number of unbranched alkanes of at least 4 members (excludes halogenated alkanes) is 3. The van der Waals surface area contributed by atoms with Crippen LogP contribution in [0.25, 0.3) is 0 Å². The maximum atomic E-state index is 12.4. The van der Waals surface area contributed by atoms with E-state index >= 15 is 0 Å². The topological polar surface area (TPSA) is 167 Å². The predicted octanol–water partition coefficient (Wildman–Crippen LogP) is 3.73. The molecule has 0 radical (unpaired) electrons. The van der Waals surface area contributed by atoms with Crippen LogP contribution in [-0.4, -0.2) is 62.7 Å². The van der Waals surface area contributed by atoms with E-state index in [-0.39, 0.29) is 12.0 Å². The van der Waals surface area contributed by atoms with Crippen LogP contribution in [0, 0.1) is 17.8 Å². The Balaban J connectivity index is 4.59. The second-order valence-electron chi connectivity index (χ2n) is 10.3. The highest BCUT2D eigenvalue weighted by Crippen LogP contribution is 2.25. The Hall–Kier alpha value is -1.71. The number of carboxylic acid groups (broad SMARTS) is 2. The van der Waals surface area contributed by atoms with Crippen molar-refractivity contribution in [3.63, 3.8) is 0 Å². The average Bonchev–Trinajstić information content (AvgIpc) is 2.73. The molecule has 0 fully saturated rings. The number of aliphatic carboxylic acids is 2. The van der Waals surface area contributed by atoms with Gasteiger partial charge >= 0.3 is 17.9 Å². The molecule has 206 valence electrons. The standard InChI is InChI=1S/C26H49NO8/c1-5-10-17(2)13-21(35-26(34)22(25(32)33)16-24(30)31)14-18(3)11-8-6-7-9-12-20(28)15-23(29)19(4)27/h17-23,28-29H,5-16,27H2,1-4H3,(H,30,31)(H,32,33). The van der Waals surface area contributed by atoms with Gasteiger partial charge in [-0.1, -0.05) is 65.7 Å². The lowest BCUT2D eigenvalue weighted by molar-refractivity contribution is -0.167. The van der Waals surface area contributed by atoms with E-state index < -0.39 is 48.6 Å². The Morgan fingerprint density at radius 1 is 0.829 bits per heavy atom. The fourth-order valence-corrected chi connectivity index (χ4v) is 4.35. The van der Waals surface area contributed by atoms with Gasteiger partial charge in [0, 0.05) is 12.5 Å². The number of carbonyl (C=O) groups excluding carboxylic acids is 1. The van der Waals surface area contributed by atoms with E-state index in [2.05, 4.69) is 20.8 Å². The molecule has 0 aromatic rings. The number of carbonyl (C=O) groups is 3. The molecule has 9 nitrogen and oxygen atoms in total. The van der Waals surface area contributed by atoms with Crippen LogP contribution in [0.5, 0.6) is 0 Å². The highest BCUT2D eigenvalue weighted by molar-refractivity contribution is 5.97. The smallest absolute Gasteiger partial charge is 0.321 e. The summed E-state index contributed by atoms with van der Waals surface area (Å²) in [5.41, 5.74) is 5.62. The van der Waals surface area contributed by atoms with E-state index in [1.807, 2.05) is 0 Å². The summed E-state index contributed by atoms with van der Waals surface area (Å²) in [6, 6.07) is -0.355. The van der Waals surface area contributed by atoms with Crippen LogP contribution in [0.3, 0.4) is 0 Å². The number of ether oxygens (including phenoxy) is 1. The van der Waals surface area contributed by atoms with Crippen LogP contribution in [0.1, 0.15) is 105 Å². The van der Waals surface area contributed by atoms with E-state index in [1.54, 1.807) is 6.92 Å². The zero-order valence-corrected chi connectivity index (χ0v) is 22.0. The first-order chi connectivity index (χ1) is 16.4. The highest BCUT2D eigenvalue weighted by Gasteiger charge is 2.33. The van der Waals surface area contributed by atoms with Gasteiger partial charge in [-0.15, -0.1) is 0 Å². The van der Waals surface area contributed by atoms with Crippen LogP contribution in [0.2, 0.25) is 0 Å². The van der Waals surface area contributed by atoms with Gasteiger partial charge in [-0.25, -0.2) is 0 Å². The normalized spacial score (nSPS) is 17.6. The van der Waals surface area contributed by atoms with Crippen molar-refractivity contribution in [1.29, 1.82) is 0 Å². The molecule has 35 heavy (non-hydrogen) atoms. The Morgan fingerprint density at radius 3 is 1.86 bits per heavy atom. The van der Waals surface area contributed by atoms with E-state index in [0.29, 0.717) is 31.6 Å². The molecule has 0 aliphatic rings. The largest absolute Gasteiger partial charge is 0.481 e. The molecule has 0 aliphatic carbocycles. The first-order valence-electron chi connectivity index (χ1n) is 13.1. The number of esters is 1. The quantitative estimate of drug-likeness (QED) is 0.0890. The van der Waals surface area contributed by atoms with E-state index in [1.165, 1.54) is 0 Å². The van der Waals surface area contributed by atoms with Gasteiger partial charge in [-0.3, -0.25) is 14.4 Å². The van der Waals surface area contributed by atoms with Crippen molar-refractivity contribution in [1.82, 2.24) is 0 Å². The SMILES string of the molecule is CCCC(C)CC(CC(C)CCCCCCC(O)CC(O)C(C)N)OC(=O)C(CC(=O)O)C(=O)O. The summed E-state index contributed by atoms with van der Waals surface area (Å²) >= 11 is 0. The van der Waals surface area contributed by atoms with Crippen molar-refractivity contribution < 1.29 is 39.5 Å². The van der Waals surface area contributed by atoms with Crippen molar-refractivity contribution in [2.45, 2.75) is 129 Å². The Kier molecular flexibility index (Phi) is 17.6. The van der Waals surface area contributed by atoms with Gasteiger partial charge in [0.1, 0.15) is 6.10 Å². The molecule has 0 aliphatic heterocycles. The summed E-state index contributed by atoms with van der Waals surface area (Å²) in [5, 5.41) is 37.9. The Bertz CT molecular complexity index is 612. The molecule has 7 atom stereocenters. The monoisotopic (exact) mass is 503 g/mol. The molecule has 0 heterocycles. The van der Waals surface area contributed by atoms with Crippen molar-refractivity contribution in [2.24, 2.45) is 23.5 Å². The van der Waals surface area contributed by atoms with Crippen LogP contribution < -0.4 is 5.73 Å². The van der Waals surface area contributed by atoms with E-state index in [0.717, 1.165) is 44.9 Å². The average molecular weight is 504 g/mol. The lowest BCUT2D eigenvalue weighted by Crippen LogP contribution is -2.34. The lowest BCUT2D eigenvalue weighted by Gasteiger charge is -2.25. The first-order valence-corrected chi connectivity index (χ1v) is 13.1. The fraction of sp³-hybridized carbons (Fsp3) is 0.885. The van der Waals surface area contributed by atoms with Crippen molar-refractivity contribution in [2.75, 3.05) is 0 Å². The van der Waals surface area contributed by atoms with Crippen LogP contribution in [0.15, 0.2) is 0 Å². The number of carboxylic acids is 2. The predicted molar refractivity (Wildman–Crippen MR) is 134 cm³/mol. The summed E-state index contributed by atoms with van der Waals surface area (Å²) in [7, 11) is 0. The molecule has 0 amide bonds. The van der Waals surface area contributed by atoms with Crippen molar-refractivity contribution in [3.8, 4) is 0 Å². The molecule has 0 bridgehead atoms. The third-order valence-corrected chi connectivity index (χ3v) is 6.46. The van der Waals surface area contributed by atoms with Crippen molar-refractivity contribution >= 4 is 17.9 Å². The van der Waals surface area contributed by atoms with Gasteiger partial charge in [0.2, 0.25) is 0 Å². The number of aliphatic hydroxyl groups excluding tert-OH is 2. The maximum absolute atomic E-state index is 12.4. The summed E-state index contributed by atoms with van der Waals surface area (Å²) in [6.07, 6.45) is 6.39. The molecule has 0 saturated carbocycles. The maximum Gasteiger partial charge on any atom is 0.321 e. The van der Waals surface area contributed by atoms with E-state index in [4.69, 9.17) is 15.6 Å². The summed E-state index contributed by atoms with van der Waals surface area (Å²) in [6.45, 7) is 7.95. The van der Waals surface area contributed by atoms with Crippen LogP contribution >= 0.6 is 0 Å². The molecule has 0 spiro atoms. The van der Waals surface area contributed by atoms with Crippen LogP contribution in [-0.2, 0) is 19.1 Å². The molecule has 9 heteroatoms. The number of nitrogens with two attached hydrogens (primary N) is 1. The summed E-state index contributed by atoms with van der Waals surface area (Å²) in [4.78, 5) is 34.7. The lowest BCUT2D eigenvalue weighted by atomic mass is 9.90. The minimum absolute atomic E-state index is 0.260. The minimum atomic E-state index is -1.70. The zero-order chi connectivity index (χ0) is 27.0. The Labute approximate surface area is 210 Å². The minimum Gasteiger partial charge on any atom is -0.481 e.